The minimum Gasteiger partial charge on any atom is -0.493 e. The van der Waals surface area contributed by atoms with Crippen LogP contribution in [0.15, 0.2) is 23.8 Å². The summed E-state index contributed by atoms with van der Waals surface area (Å²) in [6, 6.07) is 2.80. The van der Waals surface area contributed by atoms with Crippen molar-refractivity contribution in [3.63, 3.8) is 0 Å². The maximum absolute atomic E-state index is 12.6. The lowest BCUT2D eigenvalue weighted by Gasteiger charge is -2.34. The SMILES string of the molecule is CCOCCCN[C@@H]1CC(C(=O)NCCO)=C[C@H](Oc2c(I)cc(C=O)cc2OC)[C@H]1O. The summed E-state index contributed by atoms with van der Waals surface area (Å²) >= 11 is 2.04. The van der Waals surface area contributed by atoms with E-state index in [1.807, 2.05) is 29.5 Å². The molecular weight excluding hydrogens is 531 g/mol. The average Bonchev–Trinajstić information content (AvgIpc) is 2.80. The van der Waals surface area contributed by atoms with Gasteiger partial charge in [0.15, 0.2) is 11.5 Å². The highest BCUT2D eigenvalue weighted by molar-refractivity contribution is 14.1. The second-order valence-corrected chi connectivity index (χ2v) is 8.37. The minimum atomic E-state index is -0.928. The summed E-state index contributed by atoms with van der Waals surface area (Å²) in [7, 11) is 1.47. The van der Waals surface area contributed by atoms with Crippen LogP contribution < -0.4 is 20.1 Å². The largest absolute Gasteiger partial charge is 0.493 e. The van der Waals surface area contributed by atoms with Gasteiger partial charge in [0, 0.05) is 36.9 Å². The molecule has 2 rings (SSSR count). The third kappa shape index (κ3) is 7.41. The molecule has 1 amide bonds. The first kappa shape index (κ1) is 26.5. The van der Waals surface area contributed by atoms with E-state index in [9.17, 15) is 14.7 Å². The normalized spacial score (nSPS) is 20.4. The van der Waals surface area contributed by atoms with Gasteiger partial charge in [-0.2, -0.15) is 0 Å². The van der Waals surface area contributed by atoms with Crippen molar-refractivity contribution in [2.75, 3.05) is 40.0 Å². The van der Waals surface area contributed by atoms with Gasteiger partial charge in [-0.3, -0.25) is 9.59 Å². The monoisotopic (exact) mass is 562 g/mol. The van der Waals surface area contributed by atoms with Gasteiger partial charge in [0.2, 0.25) is 5.91 Å². The number of nitrogens with one attached hydrogen (secondary N) is 2. The van der Waals surface area contributed by atoms with Crippen LogP contribution in [0.4, 0.5) is 0 Å². The summed E-state index contributed by atoms with van der Waals surface area (Å²) in [5, 5.41) is 25.9. The molecule has 4 N–H and O–H groups in total. The van der Waals surface area contributed by atoms with E-state index in [1.54, 1.807) is 18.2 Å². The van der Waals surface area contributed by atoms with Gasteiger partial charge in [-0.25, -0.2) is 0 Å². The maximum Gasteiger partial charge on any atom is 0.247 e. The number of aliphatic hydroxyl groups is 2. The zero-order valence-electron chi connectivity index (χ0n) is 18.3. The number of rotatable bonds is 13. The molecular formula is C22H31IN2O7. The Bertz CT molecular complexity index is 803. The number of benzene rings is 1. The highest BCUT2D eigenvalue weighted by Gasteiger charge is 2.36. The van der Waals surface area contributed by atoms with E-state index in [4.69, 9.17) is 19.3 Å². The number of halogens is 1. The summed E-state index contributed by atoms with van der Waals surface area (Å²) in [5.74, 6) is 0.419. The Hall–Kier alpha value is -1.73. The van der Waals surface area contributed by atoms with Gasteiger partial charge < -0.3 is 35.1 Å². The highest BCUT2D eigenvalue weighted by Crippen LogP contribution is 2.36. The molecule has 1 aromatic rings. The van der Waals surface area contributed by atoms with Gasteiger partial charge in [-0.05, 0) is 67.1 Å². The fourth-order valence-electron chi connectivity index (χ4n) is 3.36. The van der Waals surface area contributed by atoms with Gasteiger partial charge >= 0.3 is 0 Å². The Morgan fingerprint density at radius 2 is 2.12 bits per heavy atom. The number of aliphatic hydroxyl groups excluding tert-OH is 2. The second kappa shape index (κ2) is 13.7. The van der Waals surface area contributed by atoms with Crippen molar-refractivity contribution in [1.29, 1.82) is 0 Å². The number of carbonyl (C=O) groups is 2. The van der Waals surface area contributed by atoms with E-state index in [0.717, 1.165) is 12.7 Å². The molecule has 0 fully saturated rings. The molecule has 0 saturated heterocycles. The standard InChI is InChI=1S/C22H31IN2O7/c1-3-31-8-4-5-24-17-11-15(22(29)25-6-7-26)12-18(20(17)28)32-21-16(23)9-14(13-27)10-19(21)30-2/h9-10,12-13,17-18,20,24,26,28H,3-8,11H2,1-2H3,(H,25,29)/t17-,18+,20+/m1/s1. The molecule has 0 aliphatic heterocycles. The smallest absolute Gasteiger partial charge is 0.247 e. The minimum absolute atomic E-state index is 0.135. The molecule has 1 aliphatic carbocycles. The van der Waals surface area contributed by atoms with E-state index >= 15 is 0 Å². The van der Waals surface area contributed by atoms with Crippen molar-refractivity contribution in [2.45, 2.75) is 38.0 Å². The topological polar surface area (TPSA) is 126 Å². The Morgan fingerprint density at radius 3 is 2.78 bits per heavy atom. The van der Waals surface area contributed by atoms with Crippen LogP contribution >= 0.6 is 22.6 Å². The molecule has 0 heterocycles. The van der Waals surface area contributed by atoms with E-state index in [1.165, 1.54) is 7.11 Å². The first-order valence-electron chi connectivity index (χ1n) is 10.5. The van der Waals surface area contributed by atoms with Gasteiger partial charge in [-0.1, -0.05) is 0 Å². The number of hydrogen-bond donors (Lipinski definition) is 4. The van der Waals surface area contributed by atoms with Gasteiger partial charge in [-0.15, -0.1) is 0 Å². The van der Waals surface area contributed by atoms with Crippen molar-refractivity contribution in [3.05, 3.63) is 32.9 Å². The Kier molecular flexibility index (Phi) is 11.4. The lowest BCUT2D eigenvalue weighted by atomic mass is 9.89. The molecule has 9 nitrogen and oxygen atoms in total. The number of methoxy groups -OCH3 is 1. The van der Waals surface area contributed by atoms with Crippen molar-refractivity contribution in [3.8, 4) is 11.5 Å². The molecule has 1 aliphatic rings. The molecule has 10 heteroatoms. The van der Waals surface area contributed by atoms with Gasteiger partial charge in [0.05, 0.1) is 17.3 Å². The molecule has 0 unspecified atom stereocenters. The Labute approximate surface area is 201 Å². The molecule has 1 aromatic carbocycles. The van der Waals surface area contributed by atoms with Crippen LogP contribution in [0.3, 0.4) is 0 Å². The summed E-state index contributed by atoms with van der Waals surface area (Å²) in [5.41, 5.74) is 0.894. The Balaban J connectivity index is 2.25. The van der Waals surface area contributed by atoms with Crippen LogP contribution in [0, 0.1) is 3.57 Å². The molecule has 0 radical (unpaired) electrons. The molecule has 0 bridgehead atoms. The first-order valence-corrected chi connectivity index (χ1v) is 11.6. The molecule has 0 aromatic heterocycles. The predicted octanol–water partition coefficient (Wildman–Crippen LogP) is 1.04. The number of ether oxygens (including phenoxy) is 3. The van der Waals surface area contributed by atoms with Gasteiger partial charge in [0.25, 0.3) is 0 Å². The summed E-state index contributed by atoms with van der Waals surface area (Å²) in [6.07, 6.45) is 1.63. The highest BCUT2D eigenvalue weighted by atomic mass is 127. The summed E-state index contributed by atoms with van der Waals surface area (Å²) in [6.45, 7) is 3.75. The van der Waals surface area contributed by atoms with Crippen molar-refractivity contribution < 1.29 is 34.0 Å². The third-order valence-corrected chi connectivity index (χ3v) is 5.76. The predicted molar refractivity (Wildman–Crippen MR) is 127 cm³/mol. The van der Waals surface area contributed by atoms with Crippen molar-refractivity contribution in [2.24, 2.45) is 0 Å². The van der Waals surface area contributed by atoms with E-state index in [0.29, 0.717) is 52.4 Å². The molecule has 3 atom stereocenters. The van der Waals surface area contributed by atoms with Crippen LogP contribution in [-0.2, 0) is 9.53 Å². The van der Waals surface area contributed by atoms with E-state index < -0.39 is 18.2 Å². The fraction of sp³-hybridized carbons (Fsp3) is 0.545. The fourth-order valence-corrected chi connectivity index (χ4v) is 4.12. The zero-order chi connectivity index (χ0) is 23.5. The molecule has 0 spiro atoms. The number of amides is 1. The van der Waals surface area contributed by atoms with Crippen LogP contribution in [-0.4, -0.2) is 80.7 Å². The maximum atomic E-state index is 12.6. The summed E-state index contributed by atoms with van der Waals surface area (Å²) in [4.78, 5) is 23.7. The number of aldehydes is 1. The van der Waals surface area contributed by atoms with Crippen LogP contribution in [0.5, 0.6) is 11.5 Å². The van der Waals surface area contributed by atoms with Crippen LogP contribution in [0.25, 0.3) is 0 Å². The molecule has 178 valence electrons. The second-order valence-electron chi connectivity index (χ2n) is 7.21. The van der Waals surface area contributed by atoms with Crippen LogP contribution in [0.2, 0.25) is 0 Å². The quantitative estimate of drug-likeness (QED) is 0.160. The van der Waals surface area contributed by atoms with E-state index in [-0.39, 0.29) is 19.1 Å². The van der Waals surface area contributed by atoms with E-state index in [2.05, 4.69) is 10.6 Å². The average molecular weight is 562 g/mol. The first-order chi connectivity index (χ1) is 15.4. The third-order valence-electron chi connectivity index (χ3n) is 4.96. The Morgan fingerprint density at radius 1 is 1.34 bits per heavy atom. The zero-order valence-corrected chi connectivity index (χ0v) is 20.5. The van der Waals surface area contributed by atoms with Crippen molar-refractivity contribution in [1.82, 2.24) is 10.6 Å². The lowest BCUT2D eigenvalue weighted by molar-refractivity contribution is -0.118. The van der Waals surface area contributed by atoms with Crippen molar-refractivity contribution >= 4 is 34.8 Å². The van der Waals surface area contributed by atoms with Crippen LogP contribution in [0.1, 0.15) is 30.1 Å². The molecule has 0 saturated carbocycles. The summed E-state index contributed by atoms with van der Waals surface area (Å²) < 4.78 is 17.5. The molecule has 32 heavy (non-hydrogen) atoms. The van der Waals surface area contributed by atoms with Gasteiger partial charge in [0.1, 0.15) is 18.5 Å². The lowest BCUT2D eigenvalue weighted by Crippen LogP contribution is -2.52. The number of hydrogen-bond acceptors (Lipinski definition) is 8. The number of carbonyl (C=O) groups excluding carboxylic acids is 2.